The Morgan fingerprint density at radius 3 is 2.41 bits per heavy atom. The van der Waals surface area contributed by atoms with Crippen molar-refractivity contribution < 1.29 is 33.1 Å². The van der Waals surface area contributed by atoms with Gasteiger partial charge in [-0.2, -0.15) is 5.10 Å². The molecule has 0 aliphatic rings. The summed E-state index contributed by atoms with van der Waals surface area (Å²) >= 11 is 0. The Morgan fingerprint density at radius 1 is 1.04 bits per heavy atom. The second kappa shape index (κ2) is 14.2. The Kier molecular flexibility index (Phi) is 10.4. The van der Waals surface area contributed by atoms with Gasteiger partial charge < -0.3 is 18.9 Å². The molecule has 0 atom stereocenters. The summed E-state index contributed by atoms with van der Waals surface area (Å²) in [6.07, 6.45) is 0.737. The summed E-state index contributed by atoms with van der Waals surface area (Å²) in [5.41, 5.74) is 0.563. The van der Waals surface area contributed by atoms with Gasteiger partial charge in [-0.05, 0) is 50.6 Å². The number of benzene rings is 2. The molecule has 0 unspecified atom stereocenters. The standard InChI is InChI=1S/C31H36FN7O7/c1-31(2,3)46-30(40)35-27-11-10-23(32)24(34-27)17-38(16-20-8-9-21(43-5)14-26(20)44-6)15-19-12-22(29-33-18-37(4)36-29)28(45-7)25(13-19)39(41)42/h8-14,18H,15-17H2,1-7H3,(H,34,35,40). The van der Waals surface area contributed by atoms with E-state index in [4.69, 9.17) is 18.9 Å². The topological polar surface area (TPSA) is 156 Å². The number of ether oxygens (including phenoxy) is 4. The number of pyridine rings is 1. The highest BCUT2D eigenvalue weighted by molar-refractivity contribution is 5.83. The number of amides is 1. The first kappa shape index (κ1) is 33.6. The van der Waals surface area contributed by atoms with Gasteiger partial charge in [-0.25, -0.2) is 19.2 Å². The van der Waals surface area contributed by atoms with Crippen molar-refractivity contribution in [1.29, 1.82) is 0 Å². The molecule has 0 spiro atoms. The van der Waals surface area contributed by atoms with Crippen LogP contribution in [0.25, 0.3) is 11.4 Å². The molecule has 2 aromatic heterocycles. The summed E-state index contributed by atoms with van der Waals surface area (Å²) in [6.45, 7) is 5.43. The molecule has 15 heteroatoms. The van der Waals surface area contributed by atoms with Crippen LogP contribution in [-0.2, 0) is 31.4 Å². The number of nitrogens with one attached hydrogen (secondary N) is 1. The summed E-state index contributed by atoms with van der Waals surface area (Å²) in [7, 11) is 6.08. The largest absolute Gasteiger partial charge is 0.497 e. The summed E-state index contributed by atoms with van der Waals surface area (Å²) in [6, 6.07) is 10.9. The van der Waals surface area contributed by atoms with Gasteiger partial charge in [0.25, 0.3) is 0 Å². The van der Waals surface area contributed by atoms with Crippen LogP contribution in [0.2, 0.25) is 0 Å². The van der Waals surface area contributed by atoms with E-state index in [9.17, 15) is 14.9 Å². The number of nitro benzene ring substituents is 1. The van der Waals surface area contributed by atoms with Crippen LogP contribution in [-0.4, -0.2) is 62.6 Å². The molecular weight excluding hydrogens is 601 g/mol. The van der Waals surface area contributed by atoms with Crippen LogP contribution in [0.4, 0.5) is 20.7 Å². The van der Waals surface area contributed by atoms with Crippen LogP contribution in [0, 0.1) is 15.9 Å². The first-order valence-electron chi connectivity index (χ1n) is 14.1. The summed E-state index contributed by atoms with van der Waals surface area (Å²) < 4.78 is 38.3. The van der Waals surface area contributed by atoms with Gasteiger partial charge in [0.05, 0.1) is 37.5 Å². The normalized spacial score (nSPS) is 11.3. The number of methoxy groups -OCH3 is 3. The third-order valence-electron chi connectivity index (χ3n) is 6.59. The van der Waals surface area contributed by atoms with E-state index in [2.05, 4.69) is 20.4 Å². The Hall–Kier alpha value is -5.31. The zero-order valence-corrected chi connectivity index (χ0v) is 26.7. The van der Waals surface area contributed by atoms with E-state index < -0.39 is 22.4 Å². The summed E-state index contributed by atoms with van der Waals surface area (Å²) in [5, 5.41) is 19.0. The maximum atomic E-state index is 15.2. The highest BCUT2D eigenvalue weighted by atomic mass is 19.1. The van der Waals surface area contributed by atoms with Crippen LogP contribution >= 0.6 is 0 Å². The first-order chi connectivity index (χ1) is 21.8. The number of rotatable bonds is 12. The molecule has 0 aliphatic heterocycles. The number of carbonyl (C=O) groups is 1. The lowest BCUT2D eigenvalue weighted by Crippen LogP contribution is -2.28. The smallest absolute Gasteiger partial charge is 0.413 e. The van der Waals surface area contributed by atoms with Crippen molar-refractivity contribution in [2.24, 2.45) is 7.05 Å². The fourth-order valence-corrected chi connectivity index (χ4v) is 4.68. The van der Waals surface area contributed by atoms with Crippen molar-refractivity contribution in [2.45, 2.75) is 46.0 Å². The average Bonchev–Trinajstić information content (AvgIpc) is 3.43. The molecule has 0 fully saturated rings. The lowest BCUT2D eigenvalue weighted by Gasteiger charge is -2.24. The van der Waals surface area contributed by atoms with Crippen molar-refractivity contribution in [3.8, 4) is 28.6 Å². The van der Waals surface area contributed by atoms with E-state index >= 15 is 4.39 Å². The number of carbonyl (C=O) groups excluding carboxylic acids is 1. The van der Waals surface area contributed by atoms with Gasteiger partial charge in [-0.3, -0.25) is 25.0 Å². The highest BCUT2D eigenvalue weighted by Gasteiger charge is 2.25. The van der Waals surface area contributed by atoms with Gasteiger partial charge in [0.1, 0.15) is 35.1 Å². The van der Waals surface area contributed by atoms with E-state index in [0.717, 1.165) is 5.56 Å². The molecule has 1 amide bonds. The quantitative estimate of drug-likeness (QED) is 0.155. The van der Waals surface area contributed by atoms with E-state index in [0.29, 0.717) is 22.6 Å². The molecule has 4 rings (SSSR count). The minimum Gasteiger partial charge on any atom is -0.497 e. The molecule has 0 saturated carbocycles. The molecule has 46 heavy (non-hydrogen) atoms. The Balaban J connectivity index is 1.76. The highest BCUT2D eigenvalue weighted by Crippen LogP contribution is 2.38. The molecule has 1 N–H and O–H groups in total. The zero-order chi connectivity index (χ0) is 33.6. The van der Waals surface area contributed by atoms with E-state index in [1.54, 1.807) is 46.0 Å². The average molecular weight is 638 g/mol. The third-order valence-corrected chi connectivity index (χ3v) is 6.59. The molecular formula is C31H36FN7O7. The number of aryl methyl sites for hydroxylation is 1. The van der Waals surface area contributed by atoms with E-state index in [-0.39, 0.29) is 48.4 Å². The van der Waals surface area contributed by atoms with Gasteiger partial charge in [0.15, 0.2) is 5.82 Å². The third kappa shape index (κ3) is 8.44. The molecule has 2 aromatic carbocycles. The molecule has 0 saturated heterocycles. The predicted octanol–water partition coefficient (Wildman–Crippen LogP) is 5.50. The number of nitrogens with zero attached hydrogens (tertiary/aromatic N) is 6. The summed E-state index contributed by atoms with van der Waals surface area (Å²) in [4.78, 5) is 34.4. The van der Waals surface area contributed by atoms with Crippen LogP contribution in [0.1, 0.15) is 37.6 Å². The zero-order valence-electron chi connectivity index (χ0n) is 26.7. The molecule has 0 bridgehead atoms. The maximum Gasteiger partial charge on any atom is 0.413 e. The molecule has 244 valence electrons. The van der Waals surface area contributed by atoms with Crippen LogP contribution in [0.5, 0.6) is 17.2 Å². The summed E-state index contributed by atoms with van der Waals surface area (Å²) in [5.74, 6) is 0.839. The van der Waals surface area contributed by atoms with E-state index in [1.165, 1.54) is 50.5 Å². The molecule has 4 aromatic rings. The molecule has 0 aliphatic carbocycles. The number of nitro groups is 1. The Labute approximate surface area is 265 Å². The van der Waals surface area contributed by atoms with Crippen molar-refractivity contribution in [2.75, 3.05) is 26.6 Å². The lowest BCUT2D eigenvalue weighted by atomic mass is 10.1. The van der Waals surface area contributed by atoms with Crippen LogP contribution in [0.3, 0.4) is 0 Å². The molecule has 0 radical (unpaired) electrons. The SMILES string of the molecule is COc1ccc(CN(Cc2cc(-c3ncn(C)n3)c(OC)c([N+](=O)[O-])c2)Cc2nc(NC(=O)OC(C)(C)C)ccc2F)c(OC)c1. The minimum atomic E-state index is -0.744. The van der Waals surface area contributed by atoms with Gasteiger partial charge >= 0.3 is 11.8 Å². The van der Waals surface area contributed by atoms with Crippen molar-refractivity contribution >= 4 is 17.6 Å². The number of aromatic nitrogens is 4. The van der Waals surface area contributed by atoms with Gasteiger partial charge in [-0.15, -0.1) is 0 Å². The lowest BCUT2D eigenvalue weighted by molar-refractivity contribution is -0.385. The van der Waals surface area contributed by atoms with Gasteiger partial charge in [-0.1, -0.05) is 6.07 Å². The van der Waals surface area contributed by atoms with Crippen molar-refractivity contribution in [1.82, 2.24) is 24.6 Å². The minimum absolute atomic E-state index is 0.0111. The van der Waals surface area contributed by atoms with Crippen molar-refractivity contribution in [3.05, 3.63) is 81.5 Å². The monoisotopic (exact) mass is 637 g/mol. The van der Waals surface area contributed by atoms with Gasteiger partial charge in [0.2, 0.25) is 5.75 Å². The maximum absolute atomic E-state index is 15.2. The number of hydrogen-bond acceptors (Lipinski definition) is 11. The molecule has 14 nitrogen and oxygen atoms in total. The van der Waals surface area contributed by atoms with E-state index in [1.807, 2.05) is 11.0 Å². The number of anilines is 1. The first-order valence-corrected chi connectivity index (χ1v) is 14.1. The Morgan fingerprint density at radius 2 is 1.80 bits per heavy atom. The van der Waals surface area contributed by atoms with Crippen LogP contribution in [0.15, 0.2) is 48.8 Å². The number of halogens is 1. The Bertz CT molecular complexity index is 1720. The fraction of sp³-hybridized carbons (Fsp3) is 0.355. The van der Waals surface area contributed by atoms with Crippen LogP contribution < -0.4 is 19.5 Å². The molecule has 2 heterocycles. The second-order valence-electron chi connectivity index (χ2n) is 11.3. The second-order valence-corrected chi connectivity index (χ2v) is 11.3. The predicted molar refractivity (Wildman–Crippen MR) is 166 cm³/mol. The fourth-order valence-electron chi connectivity index (χ4n) is 4.68. The van der Waals surface area contributed by atoms with Gasteiger partial charge in [0, 0.05) is 44.4 Å². The van der Waals surface area contributed by atoms with Crippen molar-refractivity contribution in [3.63, 3.8) is 0 Å². The number of hydrogen-bond donors (Lipinski definition) is 1.